The fraction of sp³-hybridized carbons (Fsp3) is 0.0652. The lowest BCUT2D eigenvalue weighted by Crippen LogP contribution is -2.38. The summed E-state index contributed by atoms with van der Waals surface area (Å²) in [7, 11) is 0. The number of carbonyl (C=O) groups excluding carboxylic acids is 1. The zero-order chi connectivity index (χ0) is 32.4. The van der Waals surface area contributed by atoms with Gasteiger partial charge in [0.1, 0.15) is 0 Å². The molecule has 0 aliphatic heterocycles. The Hall–Kier alpha value is -5.99. The standard InChI is InChI=1S/C46H33NO/c1-30-14-11-23-37-38-24-12-15-31(2)44(38)47(43(30)37)36-21-13-16-32(28-36)33-26-27-40-42(29-33)46(34-17-5-3-6-18-34,35-19-7-4-8-20-35)41-25-10-9-22-39(41)45(40)48/h3-29H,1-2H3. The summed E-state index contributed by atoms with van der Waals surface area (Å²) in [6.45, 7) is 4.39. The van der Waals surface area contributed by atoms with Crippen molar-refractivity contribution in [2.45, 2.75) is 19.3 Å². The second-order valence-electron chi connectivity index (χ2n) is 12.9. The van der Waals surface area contributed by atoms with Crippen LogP contribution in [0.4, 0.5) is 0 Å². The third-order valence-electron chi connectivity index (χ3n) is 10.3. The van der Waals surface area contributed by atoms with Crippen molar-refractivity contribution in [1.82, 2.24) is 4.57 Å². The molecule has 0 saturated carbocycles. The molecule has 48 heavy (non-hydrogen) atoms. The van der Waals surface area contributed by atoms with Crippen LogP contribution in [0.25, 0.3) is 38.6 Å². The molecule has 0 saturated heterocycles. The highest BCUT2D eigenvalue weighted by Crippen LogP contribution is 2.51. The molecule has 0 radical (unpaired) electrons. The maximum Gasteiger partial charge on any atom is 0.193 e. The Morgan fingerprint density at radius 2 is 1.00 bits per heavy atom. The summed E-state index contributed by atoms with van der Waals surface area (Å²) in [5, 5.41) is 2.53. The van der Waals surface area contributed by atoms with Crippen molar-refractivity contribution >= 4 is 27.6 Å². The van der Waals surface area contributed by atoms with Crippen LogP contribution in [0, 0.1) is 13.8 Å². The maximum absolute atomic E-state index is 14.2. The summed E-state index contributed by atoms with van der Waals surface area (Å²) < 4.78 is 2.43. The van der Waals surface area contributed by atoms with E-state index in [0.29, 0.717) is 0 Å². The molecule has 1 aliphatic carbocycles. The predicted octanol–water partition coefficient (Wildman–Crippen LogP) is 11.0. The van der Waals surface area contributed by atoms with Crippen LogP contribution in [0.5, 0.6) is 0 Å². The van der Waals surface area contributed by atoms with Crippen molar-refractivity contribution < 1.29 is 4.79 Å². The number of hydrogen-bond acceptors (Lipinski definition) is 1. The van der Waals surface area contributed by atoms with E-state index < -0.39 is 5.41 Å². The minimum Gasteiger partial charge on any atom is -0.309 e. The van der Waals surface area contributed by atoms with Gasteiger partial charge in [0, 0.05) is 27.6 Å². The second kappa shape index (κ2) is 10.8. The molecule has 0 fully saturated rings. The molecular formula is C46H33NO. The van der Waals surface area contributed by atoms with Gasteiger partial charge in [-0.05, 0) is 76.6 Å². The summed E-state index contributed by atoms with van der Waals surface area (Å²) in [6, 6.07) is 57.9. The number of ketones is 1. The normalized spacial score (nSPS) is 13.4. The lowest BCUT2D eigenvalue weighted by molar-refractivity contribution is 0.103. The van der Waals surface area contributed by atoms with E-state index in [4.69, 9.17) is 0 Å². The maximum atomic E-state index is 14.2. The van der Waals surface area contributed by atoms with Crippen LogP contribution in [0.1, 0.15) is 49.3 Å². The predicted molar refractivity (Wildman–Crippen MR) is 197 cm³/mol. The number of hydrogen-bond donors (Lipinski definition) is 0. The second-order valence-corrected chi connectivity index (χ2v) is 12.9. The quantitative estimate of drug-likeness (QED) is 0.193. The molecule has 0 bridgehead atoms. The van der Waals surface area contributed by atoms with Gasteiger partial charge in [-0.1, -0.05) is 146 Å². The van der Waals surface area contributed by atoms with Gasteiger partial charge >= 0.3 is 0 Å². The van der Waals surface area contributed by atoms with Crippen molar-refractivity contribution in [3.05, 3.63) is 208 Å². The first-order valence-corrected chi connectivity index (χ1v) is 16.6. The fourth-order valence-corrected chi connectivity index (χ4v) is 8.24. The Morgan fingerprint density at radius 3 is 1.65 bits per heavy atom. The first-order chi connectivity index (χ1) is 23.6. The average Bonchev–Trinajstić information content (AvgIpc) is 3.50. The number of nitrogens with zero attached hydrogens (tertiary/aromatic N) is 1. The van der Waals surface area contributed by atoms with E-state index in [0.717, 1.165) is 50.2 Å². The van der Waals surface area contributed by atoms with Crippen LogP contribution in [0.15, 0.2) is 164 Å². The first-order valence-electron chi connectivity index (χ1n) is 16.6. The average molecular weight is 616 g/mol. The summed E-state index contributed by atoms with van der Waals surface area (Å²) in [4.78, 5) is 14.2. The SMILES string of the molecule is Cc1cccc2c3cccc(C)c3n(-c3cccc(-c4ccc5c(c4)C(c4ccccc4)(c4ccccc4)c4ccccc4C5=O)c3)c12. The number of benzene rings is 7. The highest BCUT2D eigenvalue weighted by Gasteiger charge is 2.46. The molecule has 228 valence electrons. The monoisotopic (exact) mass is 615 g/mol. The van der Waals surface area contributed by atoms with Crippen LogP contribution in [0.2, 0.25) is 0 Å². The first kappa shape index (κ1) is 28.3. The van der Waals surface area contributed by atoms with Gasteiger partial charge in [-0.25, -0.2) is 0 Å². The molecular weight excluding hydrogens is 583 g/mol. The number of para-hydroxylation sites is 2. The van der Waals surface area contributed by atoms with E-state index >= 15 is 0 Å². The van der Waals surface area contributed by atoms with Gasteiger partial charge in [-0.2, -0.15) is 0 Å². The number of carbonyl (C=O) groups is 1. The van der Waals surface area contributed by atoms with E-state index in [1.807, 2.05) is 18.2 Å². The van der Waals surface area contributed by atoms with E-state index in [1.54, 1.807) is 0 Å². The van der Waals surface area contributed by atoms with Crippen molar-refractivity contribution in [1.29, 1.82) is 0 Å². The van der Waals surface area contributed by atoms with Gasteiger partial charge in [0.15, 0.2) is 5.78 Å². The Balaban J connectivity index is 1.32. The molecule has 0 amide bonds. The zero-order valence-electron chi connectivity index (χ0n) is 26.9. The highest BCUT2D eigenvalue weighted by molar-refractivity contribution is 6.14. The Morgan fingerprint density at radius 1 is 0.458 bits per heavy atom. The topological polar surface area (TPSA) is 22.0 Å². The number of aromatic nitrogens is 1. The molecule has 8 aromatic rings. The lowest BCUT2D eigenvalue weighted by Gasteiger charge is -2.42. The number of aryl methyl sites for hydroxylation is 2. The van der Waals surface area contributed by atoms with Crippen LogP contribution < -0.4 is 0 Å². The highest BCUT2D eigenvalue weighted by atomic mass is 16.1. The lowest BCUT2D eigenvalue weighted by atomic mass is 9.59. The van der Waals surface area contributed by atoms with Crippen molar-refractivity contribution in [2.75, 3.05) is 0 Å². The third-order valence-corrected chi connectivity index (χ3v) is 10.3. The van der Waals surface area contributed by atoms with Gasteiger partial charge in [0.25, 0.3) is 0 Å². The van der Waals surface area contributed by atoms with E-state index in [1.165, 1.54) is 32.9 Å². The molecule has 2 heteroatoms. The molecule has 0 unspecified atom stereocenters. The molecule has 1 aliphatic rings. The van der Waals surface area contributed by atoms with Gasteiger partial charge < -0.3 is 4.57 Å². The molecule has 0 spiro atoms. The molecule has 9 rings (SSSR count). The van der Waals surface area contributed by atoms with Crippen LogP contribution >= 0.6 is 0 Å². The molecule has 0 N–H and O–H groups in total. The molecule has 1 heterocycles. The Bertz CT molecular complexity index is 2440. The summed E-state index contributed by atoms with van der Waals surface area (Å²) in [5.74, 6) is 0.0691. The third kappa shape index (κ3) is 3.96. The number of rotatable bonds is 4. The van der Waals surface area contributed by atoms with Gasteiger partial charge in [-0.3, -0.25) is 4.79 Å². The van der Waals surface area contributed by atoms with E-state index in [9.17, 15) is 4.79 Å². The summed E-state index contributed by atoms with van der Waals surface area (Å²) in [5.41, 5.74) is 13.4. The van der Waals surface area contributed by atoms with Crippen molar-refractivity contribution in [2.24, 2.45) is 0 Å². The van der Waals surface area contributed by atoms with Crippen molar-refractivity contribution in [3.63, 3.8) is 0 Å². The smallest absolute Gasteiger partial charge is 0.193 e. The fourth-order valence-electron chi connectivity index (χ4n) is 8.24. The summed E-state index contributed by atoms with van der Waals surface area (Å²) >= 11 is 0. The van der Waals surface area contributed by atoms with Crippen LogP contribution in [-0.4, -0.2) is 10.4 Å². The van der Waals surface area contributed by atoms with Crippen LogP contribution in [0.3, 0.4) is 0 Å². The van der Waals surface area contributed by atoms with Gasteiger partial charge in [-0.15, -0.1) is 0 Å². The van der Waals surface area contributed by atoms with Crippen LogP contribution in [-0.2, 0) is 5.41 Å². The number of fused-ring (bicyclic) bond motifs is 5. The Kier molecular flexibility index (Phi) is 6.35. The molecule has 0 atom stereocenters. The van der Waals surface area contributed by atoms with E-state index in [-0.39, 0.29) is 5.78 Å². The largest absolute Gasteiger partial charge is 0.309 e. The molecule has 7 aromatic carbocycles. The van der Waals surface area contributed by atoms with Gasteiger partial charge in [0.05, 0.1) is 16.4 Å². The van der Waals surface area contributed by atoms with Gasteiger partial charge in [0.2, 0.25) is 0 Å². The minimum atomic E-state index is -0.670. The van der Waals surface area contributed by atoms with E-state index in [2.05, 4.69) is 164 Å². The van der Waals surface area contributed by atoms with Crippen molar-refractivity contribution in [3.8, 4) is 16.8 Å². The zero-order valence-corrected chi connectivity index (χ0v) is 26.9. The summed E-state index contributed by atoms with van der Waals surface area (Å²) in [6.07, 6.45) is 0. The molecule has 1 aromatic heterocycles. The minimum absolute atomic E-state index is 0.0691. The molecule has 2 nitrogen and oxygen atoms in total. The Labute approximate surface area is 280 Å².